The van der Waals surface area contributed by atoms with E-state index in [1.807, 2.05) is 0 Å². The lowest BCUT2D eigenvalue weighted by Crippen LogP contribution is -2.48. The molecule has 1 atom stereocenters. The number of carbonyl (C=O) groups excluding carboxylic acids is 4. The van der Waals surface area contributed by atoms with Crippen molar-refractivity contribution in [2.75, 3.05) is 13.6 Å². The monoisotopic (exact) mass is 343 g/mol. The number of nitrogens with one attached hydrogen (secondary N) is 1. The number of likely N-dealkylation sites (N-methyl/N-ethyl adjacent to an activating group) is 1. The predicted octanol–water partition coefficient (Wildman–Crippen LogP) is 0.712. The molecular weight excluding hydrogens is 322 g/mol. The van der Waals surface area contributed by atoms with Crippen LogP contribution in [0.2, 0.25) is 0 Å². The minimum Gasteiger partial charge on any atom is -0.357 e. The number of benzene rings is 1. The molecule has 1 unspecified atom stereocenters. The molecule has 1 N–H and O–H groups in total. The van der Waals surface area contributed by atoms with Crippen LogP contribution in [-0.2, 0) is 22.7 Å². The molecule has 0 spiro atoms. The Kier molecular flexibility index (Phi) is 4.67. The molecule has 0 aromatic heterocycles. The molecule has 3 amide bonds. The molecule has 1 aromatic rings. The van der Waals surface area contributed by atoms with Crippen LogP contribution in [0.1, 0.15) is 51.6 Å². The van der Waals surface area contributed by atoms with E-state index < -0.39 is 23.8 Å². The van der Waals surface area contributed by atoms with Gasteiger partial charge in [-0.1, -0.05) is 6.92 Å². The summed E-state index contributed by atoms with van der Waals surface area (Å²) < 4.78 is 0. The molecule has 0 fully saturated rings. The second-order valence-corrected chi connectivity index (χ2v) is 6.32. The van der Waals surface area contributed by atoms with E-state index in [2.05, 4.69) is 17.1 Å². The Hall–Kier alpha value is -2.54. The smallest absolute Gasteiger partial charge is 0.262 e. The molecule has 0 radical (unpaired) electrons. The molecule has 132 valence electrons. The fourth-order valence-corrected chi connectivity index (χ4v) is 3.50. The summed E-state index contributed by atoms with van der Waals surface area (Å²) in [6.07, 6.45) is 0.910. The van der Waals surface area contributed by atoms with E-state index in [9.17, 15) is 19.2 Å². The number of hydrogen-bond acceptors (Lipinski definition) is 5. The topological polar surface area (TPSA) is 86.8 Å². The maximum absolute atomic E-state index is 12.8. The van der Waals surface area contributed by atoms with Crippen LogP contribution in [0.15, 0.2) is 12.1 Å². The molecule has 0 saturated heterocycles. The molecule has 2 aliphatic heterocycles. The number of carbonyl (C=O) groups is 4. The predicted molar refractivity (Wildman–Crippen MR) is 89.9 cm³/mol. The zero-order chi connectivity index (χ0) is 18.1. The fourth-order valence-electron chi connectivity index (χ4n) is 3.50. The first-order valence-electron chi connectivity index (χ1n) is 8.43. The highest BCUT2D eigenvalue weighted by atomic mass is 16.2. The summed E-state index contributed by atoms with van der Waals surface area (Å²) in [5.74, 6) is -1.37. The number of rotatable bonds is 6. The van der Waals surface area contributed by atoms with Crippen LogP contribution < -0.4 is 5.32 Å². The van der Waals surface area contributed by atoms with Crippen molar-refractivity contribution in [1.29, 1.82) is 0 Å². The van der Waals surface area contributed by atoms with E-state index >= 15 is 0 Å². The summed E-state index contributed by atoms with van der Waals surface area (Å²) in [5, 5.41) is 2.47. The van der Waals surface area contributed by atoms with Crippen LogP contribution in [0.5, 0.6) is 0 Å². The Morgan fingerprint density at radius 2 is 1.76 bits per heavy atom. The van der Waals surface area contributed by atoms with Gasteiger partial charge in [0.25, 0.3) is 11.8 Å². The highest BCUT2D eigenvalue weighted by Gasteiger charge is 2.43. The lowest BCUT2D eigenvalue weighted by Gasteiger charge is -2.24. The van der Waals surface area contributed by atoms with Crippen LogP contribution >= 0.6 is 0 Å². The molecule has 1 aromatic carbocycles. The summed E-state index contributed by atoms with van der Waals surface area (Å²) in [5.41, 5.74) is 2.80. The van der Waals surface area contributed by atoms with Crippen LogP contribution in [0.3, 0.4) is 0 Å². The zero-order valence-electron chi connectivity index (χ0n) is 14.4. The molecule has 25 heavy (non-hydrogen) atoms. The molecule has 7 heteroatoms. The molecule has 2 heterocycles. The normalized spacial score (nSPS) is 17.4. The number of nitrogens with zero attached hydrogens (tertiary/aromatic N) is 2. The molecule has 0 bridgehead atoms. The summed E-state index contributed by atoms with van der Waals surface area (Å²) in [4.78, 5) is 51.7. The first-order chi connectivity index (χ1) is 12.0. The summed E-state index contributed by atoms with van der Waals surface area (Å²) in [7, 11) is 1.45. The van der Waals surface area contributed by atoms with E-state index in [4.69, 9.17) is 0 Å². The van der Waals surface area contributed by atoms with E-state index in [1.54, 1.807) is 12.1 Å². The minimum atomic E-state index is -0.968. The Morgan fingerprint density at radius 1 is 1.20 bits per heavy atom. The molecule has 0 saturated carbocycles. The van der Waals surface area contributed by atoms with E-state index in [-0.39, 0.29) is 12.8 Å². The first kappa shape index (κ1) is 17.3. The van der Waals surface area contributed by atoms with Crippen LogP contribution in [0, 0.1) is 0 Å². The Balaban J connectivity index is 1.95. The molecular formula is C18H21N3O4. The van der Waals surface area contributed by atoms with Gasteiger partial charge < -0.3 is 10.1 Å². The van der Waals surface area contributed by atoms with E-state index in [1.165, 1.54) is 7.05 Å². The lowest BCUT2D eigenvalue weighted by atomic mass is 10.0. The van der Waals surface area contributed by atoms with Gasteiger partial charge >= 0.3 is 0 Å². The minimum absolute atomic E-state index is 0.105. The van der Waals surface area contributed by atoms with Crippen molar-refractivity contribution in [2.45, 2.75) is 38.9 Å². The third-order valence-electron chi connectivity index (χ3n) is 4.89. The summed E-state index contributed by atoms with van der Waals surface area (Å²) >= 11 is 0. The third-order valence-corrected chi connectivity index (χ3v) is 4.89. The van der Waals surface area contributed by atoms with Crippen molar-refractivity contribution in [3.8, 4) is 0 Å². The SMILES string of the molecule is CCN1Cc2cc3c(cc2C1)C(=O)N(C(CCC=O)C(=O)NC)C3=O. The second-order valence-electron chi connectivity index (χ2n) is 6.32. The van der Waals surface area contributed by atoms with Gasteiger partial charge in [0.05, 0.1) is 11.1 Å². The van der Waals surface area contributed by atoms with Crippen LogP contribution in [-0.4, -0.2) is 53.4 Å². The Morgan fingerprint density at radius 3 is 2.20 bits per heavy atom. The lowest BCUT2D eigenvalue weighted by molar-refractivity contribution is -0.124. The van der Waals surface area contributed by atoms with Gasteiger partial charge in [-0.05, 0) is 36.2 Å². The van der Waals surface area contributed by atoms with Gasteiger partial charge in [0.1, 0.15) is 12.3 Å². The maximum atomic E-state index is 12.8. The summed E-state index contributed by atoms with van der Waals surface area (Å²) in [6.45, 7) is 4.48. The maximum Gasteiger partial charge on any atom is 0.262 e. The highest BCUT2D eigenvalue weighted by molar-refractivity contribution is 6.23. The molecule has 2 aliphatic rings. The van der Waals surface area contributed by atoms with Crippen molar-refractivity contribution in [1.82, 2.24) is 15.1 Å². The number of aldehydes is 1. The van der Waals surface area contributed by atoms with Gasteiger partial charge in [-0.25, -0.2) is 0 Å². The van der Waals surface area contributed by atoms with Crippen molar-refractivity contribution in [2.24, 2.45) is 0 Å². The van der Waals surface area contributed by atoms with Crippen LogP contribution in [0.4, 0.5) is 0 Å². The Labute approximate surface area is 146 Å². The second kappa shape index (κ2) is 6.76. The van der Waals surface area contributed by atoms with Gasteiger partial charge in [0.15, 0.2) is 0 Å². The van der Waals surface area contributed by atoms with Crippen molar-refractivity contribution < 1.29 is 19.2 Å². The highest BCUT2D eigenvalue weighted by Crippen LogP contribution is 2.32. The quantitative estimate of drug-likeness (QED) is 0.607. The van der Waals surface area contributed by atoms with Gasteiger partial charge in [0, 0.05) is 26.6 Å². The number of imide groups is 1. The van der Waals surface area contributed by atoms with Crippen molar-refractivity contribution in [3.05, 3.63) is 34.4 Å². The van der Waals surface area contributed by atoms with E-state index in [0.29, 0.717) is 17.4 Å². The molecule has 3 rings (SSSR count). The van der Waals surface area contributed by atoms with Crippen molar-refractivity contribution in [3.63, 3.8) is 0 Å². The molecule has 0 aliphatic carbocycles. The summed E-state index contributed by atoms with van der Waals surface area (Å²) in [6, 6.07) is 2.59. The fraction of sp³-hybridized carbons (Fsp3) is 0.444. The standard InChI is InChI=1S/C18H21N3O4/c1-3-20-9-11-7-13-14(8-12(11)10-20)18(25)21(17(13)24)15(5-4-6-22)16(23)19-2/h6-8,15H,3-5,9-10H2,1-2H3,(H,19,23). The van der Waals surface area contributed by atoms with Crippen molar-refractivity contribution >= 4 is 24.0 Å². The first-order valence-corrected chi connectivity index (χ1v) is 8.43. The number of hydrogen-bond donors (Lipinski definition) is 1. The molecule has 7 nitrogen and oxygen atoms in total. The third kappa shape index (κ3) is 2.84. The van der Waals surface area contributed by atoms with Gasteiger partial charge in [-0.3, -0.25) is 24.2 Å². The van der Waals surface area contributed by atoms with Gasteiger partial charge in [-0.15, -0.1) is 0 Å². The largest absolute Gasteiger partial charge is 0.357 e. The van der Waals surface area contributed by atoms with E-state index in [0.717, 1.165) is 35.7 Å². The van der Waals surface area contributed by atoms with Crippen LogP contribution in [0.25, 0.3) is 0 Å². The average Bonchev–Trinajstić information content (AvgIpc) is 3.13. The average molecular weight is 343 g/mol. The zero-order valence-corrected chi connectivity index (χ0v) is 14.4. The number of fused-ring (bicyclic) bond motifs is 2. The van der Waals surface area contributed by atoms with Gasteiger partial charge in [-0.2, -0.15) is 0 Å². The van der Waals surface area contributed by atoms with Gasteiger partial charge in [0.2, 0.25) is 5.91 Å². The Bertz CT molecular complexity index is 714. The number of amides is 3.